The van der Waals surface area contributed by atoms with Crippen LogP contribution in [0.3, 0.4) is 0 Å². The molecule has 0 spiro atoms. The van der Waals surface area contributed by atoms with E-state index in [1.165, 1.54) is 11.8 Å². The van der Waals surface area contributed by atoms with Gasteiger partial charge in [-0.2, -0.15) is 0 Å². The molecule has 6 nitrogen and oxygen atoms in total. The number of hydrogen-bond acceptors (Lipinski definition) is 4. The molecule has 2 amide bonds. The average molecular weight is 374 g/mol. The van der Waals surface area contributed by atoms with Crippen molar-refractivity contribution in [2.45, 2.75) is 61.3 Å². The summed E-state index contributed by atoms with van der Waals surface area (Å²) in [6.45, 7) is 1.84. The van der Waals surface area contributed by atoms with E-state index in [1.807, 2.05) is 13.0 Å². The number of fused-ring (bicyclic) bond motifs is 2. The largest absolute Gasteiger partial charge is 0.480 e. The second kappa shape index (κ2) is 6.61. The number of likely N-dealkylation sites (tertiary alicyclic amines) is 1. The van der Waals surface area contributed by atoms with Gasteiger partial charge in [-0.3, -0.25) is 9.59 Å². The summed E-state index contributed by atoms with van der Waals surface area (Å²) in [6.07, 6.45) is 4.55. The van der Waals surface area contributed by atoms with Crippen molar-refractivity contribution in [2.75, 3.05) is 5.32 Å². The van der Waals surface area contributed by atoms with Crippen LogP contribution in [-0.2, 0) is 9.59 Å². The fraction of sp³-hybridized carbons (Fsp3) is 0.526. The van der Waals surface area contributed by atoms with Crippen LogP contribution in [0, 0.1) is 5.92 Å². The van der Waals surface area contributed by atoms with Crippen LogP contribution in [0.5, 0.6) is 0 Å². The average Bonchev–Trinajstić information content (AvgIpc) is 3.01. The first-order valence-electron chi connectivity index (χ1n) is 9.12. The van der Waals surface area contributed by atoms with Gasteiger partial charge in [-0.25, -0.2) is 4.79 Å². The molecular formula is C19H22N2O4S. The topological polar surface area (TPSA) is 86.7 Å². The minimum Gasteiger partial charge on any atom is -0.480 e. The Bertz CT molecular complexity index is 781. The maximum absolute atomic E-state index is 13.2. The number of carbonyl (C=O) groups is 3. The van der Waals surface area contributed by atoms with Gasteiger partial charge in [0.25, 0.3) is 5.91 Å². The molecule has 138 valence electrons. The van der Waals surface area contributed by atoms with E-state index in [2.05, 4.69) is 5.32 Å². The second-order valence-corrected chi connectivity index (χ2v) is 8.76. The smallest absolute Gasteiger partial charge is 0.326 e. The zero-order valence-corrected chi connectivity index (χ0v) is 15.4. The van der Waals surface area contributed by atoms with Gasteiger partial charge >= 0.3 is 5.97 Å². The molecule has 0 aromatic heterocycles. The highest BCUT2D eigenvalue weighted by atomic mass is 32.2. The van der Waals surface area contributed by atoms with Crippen LogP contribution in [0.15, 0.2) is 23.1 Å². The van der Waals surface area contributed by atoms with E-state index in [-0.39, 0.29) is 29.0 Å². The third-order valence-corrected chi connectivity index (χ3v) is 6.94. The van der Waals surface area contributed by atoms with Gasteiger partial charge in [-0.15, -0.1) is 11.8 Å². The van der Waals surface area contributed by atoms with Crippen molar-refractivity contribution in [1.29, 1.82) is 0 Å². The predicted octanol–water partition coefficient (Wildman–Crippen LogP) is 2.98. The fourth-order valence-corrected chi connectivity index (χ4v) is 5.39. The fourth-order valence-electron chi connectivity index (χ4n) is 4.46. The molecule has 1 aromatic rings. The van der Waals surface area contributed by atoms with Crippen molar-refractivity contribution in [2.24, 2.45) is 5.92 Å². The van der Waals surface area contributed by atoms with Crippen LogP contribution in [0.2, 0.25) is 0 Å². The maximum atomic E-state index is 13.2. The molecule has 2 aliphatic heterocycles. The molecule has 1 aliphatic carbocycles. The first-order valence-corrected chi connectivity index (χ1v) is 10.0. The van der Waals surface area contributed by atoms with Gasteiger partial charge < -0.3 is 15.3 Å². The Morgan fingerprint density at radius 3 is 2.81 bits per heavy atom. The number of benzene rings is 1. The van der Waals surface area contributed by atoms with Crippen LogP contribution in [0.4, 0.5) is 5.69 Å². The minimum atomic E-state index is -0.927. The summed E-state index contributed by atoms with van der Waals surface area (Å²) in [5, 5.41) is 12.3. The lowest BCUT2D eigenvalue weighted by Gasteiger charge is -2.33. The Hall–Kier alpha value is -2.02. The lowest BCUT2D eigenvalue weighted by Crippen LogP contribution is -2.46. The van der Waals surface area contributed by atoms with Gasteiger partial charge in [-0.1, -0.05) is 12.8 Å². The van der Waals surface area contributed by atoms with E-state index < -0.39 is 12.0 Å². The highest BCUT2D eigenvalue weighted by molar-refractivity contribution is 8.00. The molecule has 0 unspecified atom stereocenters. The lowest BCUT2D eigenvalue weighted by atomic mass is 9.84. The molecule has 7 heteroatoms. The summed E-state index contributed by atoms with van der Waals surface area (Å²) >= 11 is 1.47. The zero-order chi connectivity index (χ0) is 18.4. The van der Waals surface area contributed by atoms with Gasteiger partial charge in [0.15, 0.2) is 0 Å². The molecule has 26 heavy (non-hydrogen) atoms. The van der Waals surface area contributed by atoms with Gasteiger partial charge in [0.1, 0.15) is 6.04 Å². The van der Waals surface area contributed by atoms with Crippen LogP contribution in [0.1, 0.15) is 49.4 Å². The Balaban J connectivity index is 1.65. The third kappa shape index (κ3) is 2.88. The summed E-state index contributed by atoms with van der Waals surface area (Å²) in [6, 6.07) is 4.53. The Morgan fingerprint density at radius 1 is 1.27 bits per heavy atom. The summed E-state index contributed by atoms with van der Waals surface area (Å²) in [5.41, 5.74) is 1.08. The van der Waals surface area contributed by atoms with E-state index >= 15 is 0 Å². The Morgan fingerprint density at radius 2 is 2.04 bits per heavy atom. The van der Waals surface area contributed by atoms with Crippen LogP contribution in [-0.4, -0.2) is 45.1 Å². The molecule has 0 bridgehead atoms. The van der Waals surface area contributed by atoms with Crippen LogP contribution >= 0.6 is 11.8 Å². The van der Waals surface area contributed by atoms with Crippen molar-refractivity contribution < 1.29 is 19.5 Å². The van der Waals surface area contributed by atoms with E-state index in [4.69, 9.17) is 0 Å². The number of thioether (sulfide) groups is 1. The maximum Gasteiger partial charge on any atom is 0.326 e. The molecular weight excluding hydrogens is 352 g/mol. The number of nitrogens with zero attached hydrogens (tertiary/aromatic N) is 1. The number of carbonyl (C=O) groups excluding carboxylic acids is 2. The number of hydrogen-bond donors (Lipinski definition) is 2. The van der Waals surface area contributed by atoms with Gasteiger partial charge in [0.2, 0.25) is 5.91 Å². The number of aliphatic carboxylic acids is 1. The van der Waals surface area contributed by atoms with Gasteiger partial charge in [-0.05, 0) is 50.3 Å². The van der Waals surface area contributed by atoms with Gasteiger partial charge in [0.05, 0.1) is 10.9 Å². The summed E-state index contributed by atoms with van der Waals surface area (Å²) in [5.74, 6) is -0.970. The predicted molar refractivity (Wildman–Crippen MR) is 98.3 cm³/mol. The van der Waals surface area contributed by atoms with Crippen molar-refractivity contribution in [1.82, 2.24) is 4.90 Å². The molecule has 2 heterocycles. The SMILES string of the molecule is C[C@@H]1Sc2ccc(C(=O)N3[C@@H]4CCCC[C@@H]4C[C@H]3C(=O)O)cc2NC1=O. The van der Waals surface area contributed by atoms with Crippen molar-refractivity contribution in [3.63, 3.8) is 0 Å². The number of carboxylic acids is 1. The highest BCUT2D eigenvalue weighted by Gasteiger charge is 2.47. The third-order valence-electron chi connectivity index (χ3n) is 5.76. The second-order valence-electron chi connectivity index (χ2n) is 7.37. The monoisotopic (exact) mass is 374 g/mol. The minimum absolute atomic E-state index is 0.0115. The molecule has 2 N–H and O–H groups in total. The van der Waals surface area contributed by atoms with E-state index in [9.17, 15) is 19.5 Å². The molecule has 0 radical (unpaired) electrons. The molecule has 3 aliphatic rings. The number of rotatable bonds is 2. The zero-order valence-electron chi connectivity index (χ0n) is 14.6. The molecule has 4 rings (SSSR count). The Labute approximate surface area is 156 Å². The molecule has 4 atom stereocenters. The van der Waals surface area contributed by atoms with E-state index in [0.29, 0.717) is 17.7 Å². The molecule has 1 saturated heterocycles. The highest BCUT2D eigenvalue weighted by Crippen LogP contribution is 2.41. The first-order chi connectivity index (χ1) is 12.5. The van der Waals surface area contributed by atoms with E-state index in [1.54, 1.807) is 17.0 Å². The number of carboxylic acid groups (broad SMARTS) is 1. The van der Waals surface area contributed by atoms with Gasteiger partial charge in [0, 0.05) is 16.5 Å². The first kappa shape index (κ1) is 17.4. The molecule has 1 saturated carbocycles. The van der Waals surface area contributed by atoms with E-state index in [0.717, 1.165) is 30.6 Å². The Kier molecular flexibility index (Phi) is 4.42. The van der Waals surface area contributed by atoms with Crippen molar-refractivity contribution >= 4 is 35.2 Å². The quantitative estimate of drug-likeness (QED) is 0.831. The lowest BCUT2D eigenvalue weighted by molar-refractivity contribution is -0.141. The van der Waals surface area contributed by atoms with Crippen molar-refractivity contribution in [3.05, 3.63) is 23.8 Å². The van der Waals surface area contributed by atoms with Crippen molar-refractivity contribution in [3.8, 4) is 0 Å². The number of amides is 2. The summed E-state index contributed by atoms with van der Waals surface area (Å²) < 4.78 is 0. The number of nitrogens with one attached hydrogen (secondary N) is 1. The number of anilines is 1. The van der Waals surface area contributed by atoms with Crippen LogP contribution in [0.25, 0.3) is 0 Å². The van der Waals surface area contributed by atoms with Crippen LogP contribution < -0.4 is 5.32 Å². The molecule has 2 fully saturated rings. The summed E-state index contributed by atoms with van der Waals surface area (Å²) in [7, 11) is 0. The normalized spacial score (nSPS) is 30.3. The standard InChI is InChI=1S/C19H22N2O4S/c1-10-17(22)20-13-8-12(6-7-16(13)26-10)18(23)21-14-5-3-2-4-11(14)9-15(21)19(24)25/h6-8,10-11,14-15H,2-5,9H2,1H3,(H,20,22)(H,24,25)/t10-,11+,14+,15-/m0/s1. The summed E-state index contributed by atoms with van der Waals surface area (Å²) in [4.78, 5) is 39.4. The molecule has 1 aromatic carbocycles.